The van der Waals surface area contributed by atoms with Crippen molar-refractivity contribution < 1.29 is 24.4 Å². The first-order chi connectivity index (χ1) is 12.6. The smallest absolute Gasteiger partial charge is 0.204 e. The topological polar surface area (TPSA) is 57.2 Å². The number of hydrogen-bond acceptors (Lipinski definition) is 5. The highest BCUT2D eigenvalue weighted by Crippen LogP contribution is 2.57. The Morgan fingerprint density at radius 2 is 1.96 bits per heavy atom. The highest BCUT2D eigenvalue weighted by Gasteiger charge is 2.65. The Balaban J connectivity index is 1.68. The van der Waals surface area contributed by atoms with Gasteiger partial charge in [-0.15, -0.1) is 0 Å². The fraction of sp³-hybridized carbons (Fsp3) is 0.714. The number of aliphatic hydroxyl groups excluding tert-OH is 1. The highest BCUT2D eigenvalue weighted by molar-refractivity contribution is 5.17. The Bertz CT molecular complexity index is 606. The number of ether oxygens (including phenoxy) is 2. The number of aliphatic hydroxyl groups is 1. The van der Waals surface area contributed by atoms with Crippen LogP contribution in [0, 0.1) is 17.8 Å². The van der Waals surface area contributed by atoms with E-state index >= 15 is 0 Å². The molecule has 6 atom stereocenters. The third kappa shape index (κ3) is 2.90. The van der Waals surface area contributed by atoms with Crippen molar-refractivity contribution in [2.75, 3.05) is 13.7 Å². The summed E-state index contributed by atoms with van der Waals surface area (Å²) >= 11 is 0. The summed E-state index contributed by atoms with van der Waals surface area (Å²) in [6.07, 6.45) is 5.31. The van der Waals surface area contributed by atoms with Gasteiger partial charge in [-0.2, -0.15) is 0 Å². The van der Waals surface area contributed by atoms with Gasteiger partial charge in [0.25, 0.3) is 0 Å². The summed E-state index contributed by atoms with van der Waals surface area (Å²) in [5.74, 6) is -0.167. The molecule has 1 N–H and O–H groups in total. The van der Waals surface area contributed by atoms with E-state index in [0.717, 1.165) is 32.1 Å². The molecule has 5 rings (SSSR count). The maximum atomic E-state index is 9.58. The fourth-order valence-corrected chi connectivity index (χ4v) is 5.38. The summed E-state index contributed by atoms with van der Waals surface area (Å²) < 4.78 is 12.2. The normalized spacial score (nSPS) is 42.3. The van der Waals surface area contributed by atoms with E-state index in [9.17, 15) is 5.11 Å². The van der Waals surface area contributed by atoms with E-state index < -0.39 is 17.7 Å². The second-order valence-electron chi connectivity index (χ2n) is 8.18. The molecule has 3 saturated heterocycles. The largest absolute Gasteiger partial charge is 0.396 e. The Labute approximate surface area is 155 Å². The van der Waals surface area contributed by atoms with Crippen molar-refractivity contribution in [2.24, 2.45) is 17.8 Å². The van der Waals surface area contributed by atoms with Gasteiger partial charge in [0.15, 0.2) is 11.9 Å². The molecular weight excluding hydrogens is 332 g/mol. The molecule has 0 radical (unpaired) electrons. The summed E-state index contributed by atoms with van der Waals surface area (Å²) in [4.78, 5) is 12.1. The van der Waals surface area contributed by atoms with E-state index in [1.165, 1.54) is 5.56 Å². The lowest BCUT2D eigenvalue weighted by Gasteiger charge is -2.53. The fourth-order valence-electron chi connectivity index (χ4n) is 5.38. The molecule has 0 aromatic heterocycles. The van der Waals surface area contributed by atoms with Crippen molar-refractivity contribution in [1.29, 1.82) is 0 Å². The number of methoxy groups -OCH3 is 1. The second kappa shape index (κ2) is 7.21. The first-order valence-corrected chi connectivity index (χ1v) is 9.84. The van der Waals surface area contributed by atoms with Crippen LogP contribution in [-0.2, 0) is 25.7 Å². The molecule has 5 nitrogen and oxygen atoms in total. The van der Waals surface area contributed by atoms with Crippen LogP contribution in [0.15, 0.2) is 30.3 Å². The Morgan fingerprint density at radius 3 is 2.69 bits per heavy atom. The average Bonchev–Trinajstić information content (AvgIpc) is 2.84. The van der Waals surface area contributed by atoms with Gasteiger partial charge in [-0.05, 0) is 56.4 Å². The lowest BCUT2D eigenvalue weighted by molar-refractivity contribution is -0.560. The summed E-state index contributed by atoms with van der Waals surface area (Å²) in [6, 6.07) is 10.5. The minimum absolute atomic E-state index is 0.143. The van der Waals surface area contributed by atoms with Gasteiger partial charge in [0.2, 0.25) is 5.79 Å². The average molecular weight is 362 g/mol. The van der Waals surface area contributed by atoms with Gasteiger partial charge in [-0.1, -0.05) is 36.8 Å². The van der Waals surface area contributed by atoms with Gasteiger partial charge in [-0.25, -0.2) is 9.78 Å². The molecule has 2 bridgehead atoms. The maximum Gasteiger partial charge on any atom is 0.204 e. The number of rotatable bonds is 5. The lowest BCUT2D eigenvalue weighted by atomic mass is 9.64. The van der Waals surface area contributed by atoms with E-state index in [2.05, 4.69) is 24.3 Å². The Morgan fingerprint density at radius 1 is 1.15 bits per heavy atom. The van der Waals surface area contributed by atoms with Crippen LogP contribution < -0.4 is 0 Å². The van der Waals surface area contributed by atoms with Crippen LogP contribution in [-0.4, -0.2) is 36.5 Å². The third-order valence-electron chi connectivity index (χ3n) is 6.77. The molecule has 0 unspecified atom stereocenters. The van der Waals surface area contributed by atoms with Crippen molar-refractivity contribution in [2.45, 2.75) is 63.1 Å². The minimum atomic E-state index is -0.830. The Kier molecular flexibility index (Phi) is 5.10. The standard InChI is InChI=1S/C21H30O5/c1-20-18(13-15-7-4-3-5-8-15)14-17-10-6-9-16(11-12-22)21(17,26-25-20)19(23-2)24-20/h3-5,7-8,16-19,22H,6,9-14H2,1-2H3/t16-,17+,18-,19-,20+,21-/m0/s1. The molecule has 4 aliphatic rings. The molecule has 5 heteroatoms. The monoisotopic (exact) mass is 362 g/mol. The number of fused-ring (bicyclic) bond motifs is 3. The van der Waals surface area contributed by atoms with Crippen LogP contribution in [0.2, 0.25) is 0 Å². The molecule has 1 aromatic carbocycles. The van der Waals surface area contributed by atoms with Crippen molar-refractivity contribution in [3.05, 3.63) is 35.9 Å². The highest BCUT2D eigenvalue weighted by atomic mass is 17.3. The van der Waals surface area contributed by atoms with E-state index in [0.29, 0.717) is 12.3 Å². The van der Waals surface area contributed by atoms with Gasteiger partial charge in [0.05, 0.1) is 0 Å². The zero-order valence-electron chi connectivity index (χ0n) is 15.7. The summed E-state index contributed by atoms with van der Waals surface area (Å²) in [6.45, 7) is 2.11. The number of benzene rings is 1. The zero-order valence-corrected chi connectivity index (χ0v) is 15.7. The number of hydrogen-bond donors (Lipinski definition) is 1. The van der Waals surface area contributed by atoms with Gasteiger partial charge in [-0.3, -0.25) is 0 Å². The van der Waals surface area contributed by atoms with Gasteiger partial charge >= 0.3 is 0 Å². The van der Waals surface area contributed by atoms with Crippen LogP contribution in [0.1, 0.15) is 44.6 Å². The quantitative estimate of drug-likeness (QED) is 0.813. The first kappa shape index (κ1) is 18.4. The second-order valence-corrected chi connectivity index (χ2v) is 8.18. The SMILES string of the molecule is CO[C@H]1O[C@]2(C)OO[C@]13[C@H](CCO)CCC[C@@H]3C[C@@H]2Cc1ccccc1. The summed E-state index contributed by atoms with van der Waals surface area (Å²) in [5, 5.41) is 9.58. The molecule has 1 aromatic rings. The zero-order chi connectivity index (χ0) is 18.2. The van der Waals surface area contributed by atoms with Gasteiger partial charge in [0, 0.05) is 19.6 Å². The molecule has 0 amide bonds. The van der Waals surface area contributed by atoms with Crippen molar-refractivity contribution in [1.82, 2.24) is 0 Å². The molecule has 3 aliphatic heterocycles. The molecule has 26 heavy (non-hydrogen) atoms. The predicted molar refractivity (Wildman–Crippen MR) is 96.0 cm³/mol. The molecule has 1 aliphatic carbocycles. The lowest BCUT2D eigenvalue weighted by Crippen LogP contribution is -2.63. The Hall–Kier alpha value is -0.980. The van der Waals surface area contributed by atoms with E-state index in [1.54, 1.807) is 7.11 Å². The molecular formula is C21H30O5. The van der Waals surface area contributed by atoms with Gasteiger partial charge in [0.1, 0.15) is 0 Å². The van der Waals surface area contributed by atoms with E-state index in [4.69, 9.17) is 19.2 Å². The van der Waals surface area contributed by atoms with Gasteiger partial charge < -0.3 is 14.6 Å². The van der Waals surface area contributed by atoms with E-state index in [-0.39, 0.29) is 18.4 Å². The minimum Gasteiger partial charge on any atom is -0.396 e. The van der Waals surface area contributed by atoms with Crippen molar-refractivity contribution in [3.63, 3.8) is 0 Å². The molecule has 4 fully saturated rings. The molecule has 3 heterocycles. The van der Waals surface area contributed by atoms with Crippen LogP contribution in [0.4, 0.5) is 0 Å². The van der Waals surface area contributed by atoms with Crippen LogP contribution >= 0.6 is 0 Å². The summed E-state index contributed by atoms with van der Waals surface area (Å²) in [5.41, 5.74) is 0.655. The molecule has 144 valence electrons. The third-order valence-corrected chi connectivity index (χ3v) is 6.77. The summed E-state index contributed by atoms with van der Waals surface area (Å²) in [7, 11) is 1.68. The predicted octanol–water partition coefficient (Wildman–Crippen LogP) is 3.45. The first-order valence-electron chi connectivity index (χ1n) is 9.84. The van der Waals surface area contributed by atoms with Crippen molar-refractivity contribution >= 4 is 0 Å². The molecule has 1 saturated carbocycles. The van der Waals surface area contributed by atoms with E-state index in [1.807, 2.05) is 13.0 Å². The molecule has 1 spiro atoms. The van der Waals surface area contributed by atoms with Crippen LogP contribution in [0.25, 0.3) is 0 Å². The van der Waals surface area contributed by atoms with Crippen LogP contribution in [0.5, 0.6) is 0 Å². The maximum absolute atomic E-state index is 9.58. The van der Waals surface area contributed by atoms with Crippen LogP contribution in [0.3, 0.4) is 0 Å². The van der Waals surface area contributed by atoms with Crippen molar-refractivity contribution in [3.8, 4) is 0 Å².